The van der Waals surface area contributed by atoms with Crippen molar-refractivity contribution < 1.29 is 24.6 Å². The molecule has 7 N–H and O–H groups in total. The Morgan fingerprint density at radius 1 is 1.31 bits per heavy atom. The van der Waals surface area contributed by atoms with Gasteiger partial charge in [-0.3, -0.25) is 14.4 Å². The van der Waals surface area contributed by atoms with Gasteiger partial charge in [-0.05, 0) is 6.42 Å². The molecule has 0 aliphatic heterocycles. The zero-order valence-corrected chi connectivity index (χ0v) is 8.55. The fourth-order valence-corrected chi connectivity index (χ4v) is 0.896. The molecule has 0 saturated carbocycles. The topological polar surface area (TPSA) is 156 Å². The summed E-state index contributed by atoms with van der Waals surface area (Å²) in [6.07, 6.45) is -0.312. The van der Waals surface area contributed by atoms with Crippen LogP contribution in [0.1, 0.15) is 12.8 Å². The number of hydrogen-bond acceptors (Lipinski definition) is 5. The molecular weight excluding hydrogens is 218 g/mol. The average Bonchev–Trinajstić information content (AvgIpc) is 2.21. The van der Waals surface area contributed by atoms with Gasteiger partial charge in [0.05, 0.1) is 12.6 Å². The van der Waals surface area contributed by atoms with Crippen molar-refractivity contribution >= 4 is 17.8 Å². The highest BCUT2D eigenvalue weighted by Crippen LogP contribution is 1.95. The molecule has 92 valence electrons. The third-order valence-electron chi connectivity index (χ3n) is 1.85. The maximum absolute atomic E-state index is 11.3. The van der Waals surface area contributed by atoms with Crippen LogP contribution in [0.3, 0.4) is 0 Å². The van der Waals surface area contributed by atoms with E-state index in [1.807, 2.05) is 0 Å². The number of primary amides is 1. The van der Waals surface area contributed by atoms with Gasteiger partial charge in [0.1, 0.15) is 6.04 Å². The molecule has 8 heteroatoms. The van der Waals surface area contributed by atoms with Gasteiger partial charge in [0.25, 0.3) is 0 Å². The van der Waals surface area contributed by atoms with Crippen LogP contribution >= 0.6 is 0 Å². The van der Waals surface area contributed by atoms with Gasteiger partial charge < -0.3 is 27.0 Å². The third kappa shape index (κ3) is 5.27. The quantitative estimate of drug-likeness (QED) is 0.318. The van der Waals surface area contributed by atoms with E-state index >= 15 is 0 Å². The van der Waals surface area contributed by atoms with Crippen LogP contribution in [0.4, 0.5) is 0 Å². The number of amides is 2. The normalized spacial score (nSPS) is 13.9. The Labute approximate surface area is 91.6 Å². The molecule has 2 amide bonds. The highest BCUT2D eigenvalue weighted by Gasteiger charge is 2.21. The summed E-state index contributed by atoms with van der Waals surface area (Å²) < 4.78 is 0. The van der Waals surface area contributed by atoms with Crippen molar-refractivity contribution in [2.45, 2.75) is 24.9 Å². The monoisotopic (exact) mass is 233 g/mol. The van der Waals surface area contributed by atoms with Crippen molar-refractivity contribution in [1.29, 1.82) is 0 Å². The van der Waals surface area contributed by atoms with Crippen molar-refractivity contribution in [3.05, 3.63) is 0 Å². The molecule has 0 heterocycles. The molecule has 8 nitrogen and oxygen atoms in total. The summed E-state index contributed by atoms with van der Waals surface area (Å²) in [5.41, 5.74) is 10.2. The summed E-state index contributed by atoms with van der Waals surface area (Å²) in [5, 5.41) is 19.2. The summed E-state index contributed by atoms with van der Waals surface area (Å²) in [6, 6.07) is -2.26. The number of carboxylic acids is 1. The highest BCUT2D eigenvalue weighted by atomic mass is 16.4. The minimum atomic E-state index is -1.21. The second-order valence-electron chi connectivity index (χ2n) is 3.19. The average molecular weight is 233 g/mol. The fraction of sp³-hybridized carbons (Fsp3) is 0.625. The Morgan fingerprint density at radius 2 is 1.88 bits per heavy atom. The minimum Gasteiger partial charge on any atom is -0.481 e. The maximum Gasteiger partial charge on any atom is 0.303 e. The van der Waals surface area contributed by atoms with E-state index in [1.54, 1.807) is 0 Å². The number of rotatable bonds is 7. The number of carbonyl (C=O) groups excluding carboxylic acids is 2. The number of aliphatic hydroxyl groups excluding tert-OH is 1. The minimum absolute atomic E-state index is 0.0575. The van der Waals surface area contributed by atoms with Gasteiger partial charge >= 0.3 is 5.97 Å². The molecule has 0 spiro atoms. The van der Waals surface area contributed by atoms with Gasteiger partial charge in [0.2, 0.25) is 11.8 Å². The number of nitrogens with one attached hydrogen (secondary N) is 1. The molecule has 0 aliphatic rings. The highest BCUT2D eigenvalue weighted by molar-refractivity contribution is 5.89. The largest absolute Gasteiger partial charge is 0.481 e. The molecule has 16 heavy (non-hydrogen) atoms. The number of carboxylic acid groups (broad SMARTS) is 1. The molecule has 0 radical (unpaired) electrons. The van der Waals surface area contributed by atoms with Crippen LogP contribution in [0.25, 0.3) is 0 Å². The van der Waals surface area contributed by atoms with Gasteiger partial charge in [-0.2, -0.15) is 0 Å². The van der Waals surface area contributed by atoms with E-state index in [9.17, 15) is 14.4 Å². The lowest BCUT2D eigenvalue weighted by Gasteiger charge is -2.16. The lowest BCUT2D eigenvalue weighted by Crippen LogP contribution is -2.52. The number of nitrogens with two attached hydrogens (primary N) is 2. The van der Waals surface area contributed by atoms with Crippen molar-refractivity contribution in [3.63, 3.8) is 0 Å². The Hall–Kier alpha value is -1.67. The van der Waals surface area contributed by atoms with Crippen LogP contribution in [0, 0.1) is 0 Å². The van der Waals surface area contributed by atoms with E-state index < -0.39 is 36.5 Å². The Morgan fingerprint density at radius 3 is 2.25 bits per heavy atom. The first-order chi connectivity index (χ1) is 7.38. The van der Waals surface area contributed by atoms with Crippen molar-refractivity contribution in [2.24, 2.45) is 11.5 Å². The lowest BCUT2D eigenvalue weighted by atomic mass is 10.1. The van der Waals surface area contributed by atoms with Crippen LogP contribution in [0.5, 0.6) is 0 Å². The molecule has 0 unspecified atom stereocenters. The van der Waals surface area contributed by atoms with E-state index in [-0.39, 0.29) is 12.8 Å². The first-order valence-electron chi connectivity index (χ1n) is 4.56. The summed E-state index contributed by atoms with van der Waals surface area (Å²) in [4.78, 5) is 32.2. The molecule has 0 rings (SSSR count). The Balaban J connectivity index is 4.13. The molecule has 0 saturated heterocycles. The predicted octanol–water partition coefficient (Wildman–Crippen LogP) is -2.86. The van der Waals surface area contributed by atoms with Crippen molar-refractivity contribution in [1.82, 2.24) is 5.32 Å². The SMILES string of the molecule is NC(=O)[C@H](CO)NC(=O)[C@@H](N)CCC(=O)O. The third-order valence-corrected chi connectivity index (χ3v) is 1.85. The van der Waals surface area contributed by atoms with Crippen molar-refractivity contribution in [2.75, 3.05) is 6.61 Å². The molecule has 0 bridgehead atoms. The first kappa shape index (κ1) is 14.3. The smallest absolute Gasteiger partial charge is 0.303 e. The number of carbonyl (C=O) groups is 3. The molecule has 0 aliphatic carbocycles. The van der Waals surface area contributed by atoms with Crippen LogP contribution in [0.2, 0.25) is 0 Å². The molecule has 0 aromatic carbocycles. The number of aliphatic carboxylic acids is 1. The summed E-state index contributed by atoms with van der Waals surface area (Å²) in [6.45, 7) is -0.632. The summed E-state index contributed by atoms with van der Waals surface area (Å²) >= 11 is 0. The second kappa shape index (κ2) is 6.75. The summed E-state index contributed by atoms with van der Waals surface area (Å²) in [5.74, 6) is -2.68. The van der Waals surface area contributed by atoms with E-state index in [0.29, 0.717) is 0 Å². The number of hydrogen-bond donors (Lipinski definition) is 5. The molecule has 0 aromatic heterocycles. The maximum atomic E-state index is 11.3. The zero-order valence-electron chi connectivity index (χ0n) is 8.55. The van der Waals surface area contributed by atoms with Gasteiger partial charge in [-0.1, -0.05) is 0 Å². The van der Waals surface area contributed by atoms with E-state index in [2.05, 4.69) is 5.32 Å². The standard InChI is InChI=1S/C8H15N3O5/c9-4(1-2-6(13)14)8(16)11-5(3-12)7(10)15/h4-5,12H,1-3,9H2,(H2,10,15)(H,11,16)(H,13,14)/t4-,5-/m0/s1. The fourth-order valence-electron chi connectivity index (χ4n) is 0.896. The Bertz CT molecular complexity index is 281. The zero-order chi connectivity index (χ0) is 12.7. The lowest BCUT2D eigenvalue weighted by molar-refractivity contribution is -0.137. The molecule has 0 aromatic rings. The van der Waals surface area contributed by atoms with E-state index in [1.165, 1.54) is 0 Å². The second-order valence-corrected chi connectivity index (χ2v) is 3.19. The van der Waals surface area contributed by atoms with Gasteiger partial charge in [-0.15, -0.1) is 0 Å². The molecule has 0 fully saturated rings. The number of aliphatic hydroxyl groups is 1. The van der Waals surface area contributed by atoms with Crippen LogP contribution in [-0.2, 0) is 14.4 Å². The molecular formula is C8H15N3O5. The van der Waals surface area contributed by atoms with E-state index in [4.69, 9.17) is 21.7 Å². The van der Waals surface area contributed by atoms with Gasteiger partial charge in [0.15, 0.2) is 0 Å². The first-order valence-corrected chi connectivity index (χ1v) is 4.56. The predicted molar refractivity (Wildman–Crippen MR) is 53.1 cm³/mol. The van der Waals surface area contributed by atoms with Gasteiger partial charge in [0, 0.05) is 6.42 Å². The van der Waals surface area contributed by atoms with Gasteiger partial charge in [-0.25, -0.2) is 0 Å². The van der Waals surface area contributed by atoms with Crippen molar-refractivity contribution in [3.8, 4) is 0 Å². The van der Waals surface area contributed by atoms with E-state index in [0.717, 1.165) is 0 Å². The summed E-state index contributed by atoms with van der Waals surface area (Å²) in [7, 11) is 0. The Kier molecular flexibility index (Phi) is 6.04. The van der Waals surface area contributed by atoms with Crippen LogP contribution in [0.15, 0.2) is 0 Å². The molecule has 2 atom stereocenters. The van der Waals surface area contributed by atoms with Crippen LogP contribution < -0.4 is 16.8 Å². The van der Waals surface area contributed by atoms with Crippen LogP contribution in [-0.4, -0.2) is 46.7 Å².